The van der Waals surface area contributed by atoms with E-state index in [4.69, 9.17) is 5.73 Å². The van der Waals surface area contributed by atoms with Gasteiger partial charge >= 0.3 is 0 Å². The van der Waals surface area contributed by atoms with Crippen LogP contribution in [0, 0.1) is 5.82 Å². The minimum atomic E-state index is -0.218. The first-order valence-corrected chi connectivity index (χ1v) is 6.04. The second-order valence-electron chi connectivity index (χ2n) is 4.95. The Bertz CT molecular complexity index is 392. The van der Waals surface area contributed by atoms with Gasteiger partial charge in [-0.05, 0) is 45.1 Å². The minimum absolute atomic E-state index is 0.218. The number of nitrogens with two attached hydrogens (primary N) is 1. The third-order valence-corrected chi connectivity index (χ3v) is 3.25. The Balaban J connectivity index is 2.22. The van der Waals surface area contributed by atoms with Gasteiger partial charge in [-0.3, -0.25) is 0 Å². The predicted octanol–water partition coefficient (Wildman–Crippen LogP) is 1.94. The van der Waals surface area contributed by atoms with Crippen molar-refractivity contribution in [2.24, 2.45) is 0 Å². The van der Waals surface area contributed by atoms with E-state index in [0.29, 0.717) is 11.7 Å². The van der Waals surface area contributed by atoms with E-state index >= 15 is 0 Å². The van der Waals surface area contributed by atoms with Gasteiger partial charge in [0.1, 0.15) is 5.82 Å². The van der Waals surface area contributed by atoms with Crippen LogP contribution in [0.15, 0.2) is 18.2 Å². The van der Waals surface area contributed by atoms with E-state index in [1.807, 2.05) is 0 Å². The highest BCUT2D eigenvalue weighted by Gasteiger charge is 2.26. The van der Waals surface area contributed by atoms with Gasteiger partial charge < -0.3 is 15.5 Å². The van der Waals surface area contributed by atoms with Crippen LogP contribution in [0.25, 0.3) is 0 Å². The van der Waals surface area contributed by atoms with Crippen molar-refractivity contribution in [3.05, 3.63) is 24.0 Å². The first-order valence-electron chi connectivity index (χ1n) is 6.04. The van der Waals surface area contributed by atoms with Crippen LogP contribution < -0.4 is 10.6 Å². The van der Waals surface area contributed by atoms with Crippen molar-refractivity contribution < 1.29 is 4.39 Å². The molecule has 1 aromatic rings. The summed E-state index contributed by atoms with van der Waals surface area (Å²) in [6, 6.07) is 5.05. The Kier molecular flexibility index (Phi) is 3.52. The lowest BCUT2D eigenvalue weighted by atomic mass is 10.2. The second-order valence-corrected chi connectivity index (χ2v) is 4.95. The first kappa shape index (κ1) is 12.2. The van der Waals surface area contributed by atoms with Crippen molar-refractivity contribution in [2.45, 2.75) is 18.9 Å². The lowest BCUT2D eigenvalue weighted by Gasteiger charge is -2.30. The van der Waals surface area contributed by atoms with Gasteiger partial charge in [-0.25, -0.2) is 4.39 Å². The molecule has 1 aliphatic rings. The fourth-order valence-electron chi connectivity index (χ4n) is 2.53. The van der Waals surface area contributed by atoms with E-state index in [9.17, 15) is 4.39 Å². The molecule has 1 saturated heterocycles. The number of likely N-dealkylation sites (N-methyl/N-ethyl adjacent to an activating group) is 1. The van der Waals surface area contributed by atoms with Crippen LogP contribution in [0.1, 0.15) is 12.8 Å². The van der Waals surface area contributed by atoms with Gasteiger partial charge in [0.25, 0.3) is 0 Å². The molecule has 0 bridgehead atoms. The summed E-state index contributed by atoms with van der Waals surface area (Å²) in [5.74, 6) is -0.218. The second kappa shape index (κ2) is 4.92. The molecule has 1 fully saturated rings. The highest BCUT2D eigenvalue weighted by Crippen LogP contribution is 2.31. The van der Waals surface area contributed by atoms with Gasteiger partial charge in [0.15, 0.2) is 0 Å². The van der Waals surface area contributed by atoms with Crippen molar-refractivity contribution in [3.8, 4) is 0 Å². The molecule has 0 saturated carbocycles. The topological polar surface area (TPSA) is 32.5 Å². The van der Waals surface area contributed by atoms with Gasteiger partial charge in [-0.2, -0.15) is 0 Å². The Morgan fingerprint density at radius 2 is 2.24 bits per heavy atom. The van der Waals surface area contributed by atoms with Crippen molar-refractivity contribution in [3.63, 3.8) is 0 Å². The zero-order valence-electron chi connectivity index (χ0n) is 10.5. The van der Waals surface area contributed by atoms with Crippen LogP contribution in [0.4, 0.5) is 15.8 Å². The molecule has 0 aromatic heterocycles. The average molecular weight is 237 g/mol. The zero-order valence-corrected chi connectivity index (χ0v) is 10.5. The molecule has 0 radical (unpaired) electrons. The maximum atomic E-state index is 13.3. The molecule has 1 unspecified atom stereocenters. The SMILES string of the molecule is CN(C)CC1CCCN1c1cc(F)ccc1N. The Hall–Kier alpha value is -1.29. The normalized spacial score (nSPS) is 20.2. The quantitative estimate of drug-likeness (QED) is 0.815. The third-order valence-electron chi connectivity index (χ3n) is 3.25. The molecule has 1 aliphatic heterocycles. The van der Waals surface area contributed by atoms with Crippen molar-refractivity contribution >= 4 is 11.4 Å². The molecule has 1 aromatic carbocycles. The van der Waals surface area contributed by atoms with Crippen molar-refractivity contribution in [2.75, 3.05) is 37.8 Å². The molecular weight excluding hydrogens is 217 g/mol. The molecule has 0 amide bonds. The number of anilines is 2. The summed E-state index contributed by atoms with van der Waals surface area (Å²) in [5, 5.41) is 0. The van der Waals surface area contributed by atoms with E-state index in [1.165, 1.54) is 6.07 Å². The van der Waals surface area contributed by atoms with Gasteiger partial charge in [-0.15, -0.1) is 0 Å². The van der Waals surface area contributed by atoms with Crippen molar-refractivity contribution in [1.82, 2.24) is 4.90 Å². The van der Waals surface area contributed by atoms with Crippen LogP contribution in [0.3, 0.4) is 0 Å². The maximum Gasteiger partial charge on any atom is 0.125 e. The van der Waals surface area contributed by atoms with Gasteiger partial charge in [-0.1, -0.05) is 0 Å². The summed E-state index contributed by atoms with van der Waals surface area (Å²) < 4.78 is 13.3. The molecule has 4 heteroatoms. The Morgan fingerprint density at radius 3 is 2.94 bits per heavy atom. The standard InChI is InChI=1S/C13H20FN3/c1-16(2)9-11-4-3-7-17(11)13-8-10(14)5-6-12(13)15/h5-6,8,11H,3-4,7,9,15H2,1-2H3. The van der Waals surface area contributed by atoms with E-state index in [2.05, 4.69) is 23.9 Å². The van der Waals surface area contributed by atoms with Crippen LogP contribution in [-0.2, 0) is 0 Å². The van der Waals surface area contributed by atoms with Gasteiger partial charge in [0, 0.05) is 19.1 Å². The van der Waals surface area contributed by atoms with E-state index in [-0.39, 0.29) is 5.82 Å². The predicted molar refractivity (Wildman–Crippen MR) is 69.7 cm³/mol. The third kappa shape index (κ3) is 2.69. The number of hydrogen-bond acceptors (Lipinski definition) is 3. The number of nitrogen functional groups attached to an aromatic ring is 1. The lowest BCUT2D eigenvalue weighted by molar-refractivity contribution is 0.372. The highest BCUT2D eigenvalue weighted by atomic mass is 19.1. The fourth-order valence-corrected chi connectivity index (χ4v) is 2.53. The lowest BCUT2D eigenvalue weighted by Crippen LogP contribution is -2.37. The molecule has 1 atom stereocenters. The van der Waals surface area contributed by atoms with Crippen LogP contribution in [0.2, 0.25) is 0 Å². The summed E-state index contributed by atoms with van der Waals surface area (Å²) in [6.07, 6.45) is 2.29. The zero-order chi connectivity index (χ0) is 12.4. The Morgan fingerprint density at radius 1 is 1.47 bits per heavy atom. The molecule has 0 aliphatic carbocycles. The van der Waals surface area contributed by atoms with E-state index in [0.717, 1.165) is 31.6 Å². The number of benzene rings is 1. The number of hydrogen-bond donors (Lipinski definition) is 1. The molecule has 3 nitrogen and oxygen atoms in total. The number of nitrogens with zero attached hydrogens (tertiary/aromatic N) is 2. The molecule has 17 heavy (non-hydrogen) atoms. The summed E-state index contributed by atoms with van der Waals surface area (Å²) in [7, 11) is 4.12. The molecule has 1 heterocycles. The number of rotatable bonds is 3. The monoisotopic (exact) mass is 237 g/mol. The summed E-state index contributed by atoms with van der Waals surface area (Å²) >= 11 is 0. The Labute approximate surface area is 102 Å². The summed E-state index contributed by atoms with van der Waals surface area (Å²) in [5.41, 5.74) is 7.45. The first-order chi connectivity index (χ1) is 8.08. The van der Waals surface area contributed by atoms with E-state index in [1.54, 1.807) is 12.1 Å². The van der Waals surface area contributed by atoms with Crippen molar-refractivity contribution in [1.29, 1.82) is 0 Å². The molecule has 2 N–H and O–H groups in total. The average Bonchev–Trinajstić information content (AvgIpc) is 2.69. The number of halogens is 1. The minimum Gasteiger partial charge on any atom is -0.397 e. The van der Waals surface area contributed by atoms with Crippen LogP contribution in [0.5, 0.6) is 0 Å². The molecule has 94 valence electrons. The van der Waals surface area contributed by atoms with E-state index < -0.39 is 0 Å². The molecular formula is C13H20FN3. The van der Waals surface area contributed by atoms with Gasteiger partial charge in [0.05, 0.1) is 11.4 Å². The molecule has 2 rings (SSSR count). The highest BCUT2D eigenvalue weighted by molar-refractivity contribution is 5.68. The van der Waals surface area contributed by atoms with Crippen LogP contribution in [-0.4, -0.2) is 38.1 Å². The summed E-state index contributed by atoms with van der Waals surface area (Å²) in [6.45, 7) is 1.95. The van der Waals surface area contributed by atoms with Gasteiger partial charge in [0.2, 0.25) is 0 Å². The maximum absolute atomic E-state index is 13.3. The van der Waals surface area contributed by atoms with Crippen LogP contribution >= 0.6 is 0 Å². The fraction of sp³-hybridized carbons (Fsp3) is 0.538. The summed E-state index contributed by atoms with van der Waals surface area (Å²) in [4.78, 5) is 4.40. The largest absolute Gasteiger partial charge is 0.397 e. The smallest absolute Gasteiger partial charge is 0.125 e. The molecule has 0 spiro atoms.